The summed E-state index contributed by atoms with van der Waals surface area (Å²) in [5.41, 5.74) is 1.03. The van der Waals surface area contributed by atoms with Gasteiger partial charge < -0.3 is 25.2 Å². The predicted molar refractivity (Wildman–Crippen MR) is 170 cm³/mol. The summed E-state index contributed by atoms with van der Waals surface area (Å²) < 4.78 is 1.37. The van der Waals surface area contributed by atoms with E-state index in [4.69, 9.17) is 5.11 Å². The van der Waals surface area contributed by atoms with Gasteiger partial charge >= 0.3 is 5.97 Å². The molecule has 44 heavy (non-hydrogen) atoms. The van der Waals surface area contributed by atoms with Gasteiger partial charge in [0.1, 0.15) is 5.56 Å². The third-order valence-corrected chi connectivity index (χ3v) is 8.69. The molecular weight excluding hydrogens is 580 g/mol. The number of hydrogen-bond donors (Lipinski definition) is 3. The average Bonchev–Trinajstić information content (AvgIpc) is 3.02. The number of piperidine rings is 1. The highest BCUT2D eigenvalue weighted by molar-refractivity contribution is 7.59. The Morgan fingerprint density at radius 2 is 1.61 bits per heavy atom. The van der Waals surface area contributed by atoms with Crippen molar-refractivity contribution >= 4 is 37.2 Å². The minimum absolute atomic E-state index is 0. The maximum absolute atomic E-state index is 13.9. The van der Waals surface area contributed by atoms with E-state index in [9.17, 15) is 24.0 Å². The summed E-state index contributed by atoms with van der Waals surface area (Å²) >= 11 is 0. The second-order valence-electron chi connectivity index (χ2n) is 11.3. The smallest absolute Gasteiger partial charge is 0.305 e. The van der Waals surface area contributed by atoms with Crippen LogP contribution in [0.1, 0.15) is 65.1 Å². The van der Waals surface area contributed by atoms with Crippen LogP contribution < -0.4 is 16.2 Å². The molecule has 1 aliphatic heterocycles. The van der Waals surface area contributed by atoms with Gasteiger partial charge in [-0.25, -0.2) is 0 Å². The van der Waals surface area contributed by atoms with Crippen molar-refractivity contribution in [3.63, 3.8) is 0 Å². The van der Waals surface area contributed by atoms with E-state index in [-0.39, 0.29) is 55.4 Å². The Hall–Kier alpha value is -4.38. The molecule has 5 rings (SSSR count). The van der Waals surface area contributed by atoms with Crippen molar-refractivity contribution in [3.8, 4) is 0 Å². The molecule has 3 aromatic rings. The lowest BCUT2D eigenvalue weighted by Gasteiger charge is -2.42. The molecule has 10 nitrogen and oxygen atoms in total. The largest absolute Gasteiger partial charge is 0.481 e. The number of rotatable bonds is 8. The van der Waals surface area contributed by atoms with E-state index in [1.807, 2.05) is 59.5 Å². The zero-order valence-corrected chi connectivity index (χ0v) is 25.6. The normalized spacial score (nSPS) is 19.7. The van der Waals surface area contributed by atoms with Gasteiger partial charge in [0.15, 0.2) is 0 Å². The van der Waals surface area contributed by atoms with Gasteiger partial charge in [0.25, 0.3) is 11.5 Å². The molecule has 0 unspecified atom stereocenters. The Kier molecular flexibility index (Phi) is 10.3. The maximum Gasteiger partial charge on any atom is 0.305 e. The van der Waals surface area contributed by atoms with E-state index in [1.165, 1.54) is 10.6 Å². The zero-order chi connectivity index (χ0) is 30.6. The molecule has 232 valence electrons. The number of hydrogen-bond acceptors (Lipinski definition) is 5. The van der Waals surface area contributed by atoms with Crippen LogP contribution in [0.4, 0.5) is 0 Å². The summed E-state index contributed by atoms with van der Waals surface area (Å²) in [6, 6.07) is 20.0. The Labute approximate surface area is 262 Å². The Morgan fingerprint density at radius 3 is 2.32 bits per heavy atom. The topological polar surface area (TPSA) is 138 Å². The first-order valence-corrected chi connectivity index (χ1v) is 14.6. The molecular formula is C33H38N4O6S. The number of carboxylic acid groups (broad SMARTS) is 1. The number of carboxylic acids is 1. The van der Waals surface area contributed by atoms with Gasteiger partial charge in [0.05, 0.1) is 17.8 Å². The minimum atomic E-state index is -1.06. The molecule has 1 aliphatic carbocycles. The van der Waals surface area contributed by atoms with Gasteiger partial charge in [0, 0.05) is 38.9 Å². The number of carbonyl (C=O) groups excluding carboxylic acids is 3. The fraction of sp³-hybridized carbons (Fsp3) is 0.364. The Balaban J connectivity index is 0.00000442. The monoisotopic (exact) mass is 618 g/mol. The molecule has 0 spiro atoms. The third-order valence-electron chi connectivity index (χ3n) is 8.69. The average molecular weight is 619 g/mol. The molecule has 0 radical (unpaired) electrons. The summed E-state index contributed by atoms with van der Waals surface area (Å²) in [6.45, 7) is 0.946. The molecule has 0 saturated carbocycles. The van der Waals surface area contributed by atoms with Crippen molar-refractivity contribution in [1.82, 2.24) is 20.1 Å². The van der Waals surface area contributed by atoms with E-state index in [0.717, 1.165) is 16.7 Å². The fourth-order valence-electron chi connectivity index (χ4n) is 6.42. The van der Waals surface area contributed by atoms with Gasteiger partial charge in [-0.05, 0) is 54.5 Å². The number of likely N-dealkylation sites (tertiary alicyclic amines) is 1. The molecule has 3 N–H and O–H groups in total. The Morgan fingerprint density at radius 1 is 0.932 bits per heavy atom. The van der Waals surface area contributed by atoms with Crippen LogP contribution in [-0.4, -0.2) is 63.9 Å². The highest BCUT2D eigenvalue weighted by Crippen LogP contribution is 2.48. The van der Waals surface area contributed by atoms with Crippen LogP contribution in [0.3, 0.4) is 0 Å². The standard InChI is InChI=1S/C33H36N4O6.H2S/c1-36-19-7-11-26(30(36)41)29(40)35-23-15-20-37(21-16-23)31(42)25-13-17-33(22-8-3-2-4-9-22,27-12-6-5-10-24(25)27)32(43)34-18-14-28(38)39;/h2-12,19,23,25H,13-18,20-21H2,1H3,(H,34,43)(H,35,40)(H,38,39);1H2/t25-,33+;/m0./s1. The summed E-state index contributed by atoms with van der Waals surface area (Å²) in [5, 5.41) is 14.9. The maximum atomic E-state index is 13.9. The second kappa shape index (κ2) is 13.9. The molecule has 2 atom stereocenters. The number of aliphatic carboxylic acids is 1. The van der Waals surface area contributed by atoms with E-state index >= 15 is 0 Å². The lowest BCUT2D eigenvalue weighted by Crippen LogP contribution is -2.51. The van der Waals surface area contributed by atoms with Gasteiger partial charge in [-0.1, -0.05) is 54.6 Å². The number of aryl methyl sites for hydroxylation is 1. The van der Waals surface area contributed by atoms with Crippen LogP contribution in [-0.2, 0) is 26.8 Å². The van der Waals surface area contributed by atoms with E-state index < -0.39 is 23.2 Å². The first-order valence-electron chi connectivity index (χ1n) is 14.6. The molecule has 11 heteroatoms. The molecule has 1 saturated heterocycles. The quantitative estimate of drug-likeness (QED) is 0.355. The number of pyridine rings is 1. The van der Waals surface area contributed by atoms with Crippen LogP contribution in [0.2, 0.25) is 0 Å². The summed E-state index contributed by atoms with van der Waals surface area (Å²) in [5.74, 6) is -2.12. The molecule has 1 aromatic heterocycles. The second-order valence-corrected chi connectivity index (χ2v) is 11.3. The van der Waals surface area contributed by atoms with Crippen molar-refractivity contribution in [2.24, 2.45) is 7.05 Å². The first kappa shape index (κ1) is 32.5. The molecule has 2 heterocycles. The van der Waals surface area contributed by atoms with Crippen molar-refractivity contribution < 1.29 is 24.3 Å². The zero-order valence-electron chi connectivity index (χ0n) is 24.6. The molecule has 2 aromatic carbocycles. The lowest BCUT2D eigenvalue weighted by molar-refractivity contribution is -0.137. The number of fused-ring (bicyclic) bond motifs is 1. The highest BCUT2D eigenvalue weighted by atomic mass is 32.1. The van der Waals surface area contributed by atoms with Crippen LogP contribution in [0.25, 0.3) is 0 Å². The van der Waals surface area contributed by atoms with Crippen LogP contribution >= 0.6 is 13.5 Å². The number of nitrogens with zero attached hydrogens (tertiary/aromatic N) is 2. The van der Waals surface area contributed by atoms with Gasteiger partial charge in [-0.3, -0.25) is 24.0 Å². The molecule has 3 amide bonds. The van der Waals surface area contributed by atoms with Crippen molar-refractivity contribution in [2.45, 2.75) is 49.5 Å². The van der Waals surface area contributed by atoms with Crippen molar-refractivity contribution in [1.29, 1.82) is 0 Å². The molecule has 0 bridgehead atoms. The number of amides is 3. The highest BCUT2D eigenvalue weighted by Gasteiger charge is 2.48. The molecule has 2 aliphatic rings. The van der Waals surface area contributed by atoms with Gasteiger partial charge in [0.2, 0.25) is 11.8 Å². The van der Waals surface area contributed by atoms with Gasteiger partial charge in [-0.2, -0.15) is 13.5 Å². The van der Waals surface area contributed by atoms with Crippen LogP contribution in [0.5, 0.6) is 0 Å². The third kappa shape index (κ3) is 6.42. The van der Waals surface area contributed by atoms with Crippen molar-refractivity contribution in [2.75, 3.05) is 19.6 Å². The number of benzene rings is 2. The van der Waals surface area contributed by atoms with E-state index in [0.29, 0.717) is 38.8 Å². The van der Waals surface area contributed by atoms with E-state index in [1.54, 1.807) is 19.3 Å². The summed E-state index contributed by atoms with van der Waals surface area (Å²) in [4.78, 5) is 65.8. The number of nitrogens with one attached hydrogen (secondary N) is 2. The summed E-state index contributed by atoms with van der Waals surface area (Å²) in [6.07, 6.45) is 3.39. The van der Waals surface area contributed by atoms with Crippen molar-refractivity contribution in [3.05, 3.63) is 106 Å². The Bertz CT molecular complexity index is 1580. The van der Waals surface area contributed by atoms with Gasteiger partial charge in [-0.15, -0.1) is 0 Å². The van der Waals surface area contributed by atoms with E-state index in [2.05, 4.69) is 10.6 Å². The first-order chi connectivity index (χ1) is 20.7. The SMILES string of the molecule is Cn1cccc(C(=O)NC2CCN(C(=O)[C@H]3CC[C@@](C(=O)NCCC(=O)O)(c4ccccc4)c4ccccc43)CC2)c1=O.S. The number of aromatic nitrogens is 1. The summed E-state index contributed by atoms with van der Waals surface area (Å²) in [7, 11) is 1.60. The predicted octanol–water partition coefficient (Wildman–Crippen LogP) is 2.67. The minimum Gasteiger partial charge on any atom is -0.481 e. The fourth-order valence-corrected chi connectivity index (χ4v) is 6.42. The number of carbonyl (C=O) groups is 4. The van der Waals surface area contributed by atoms with Crippen LogP contribution in [0.15, 0.2) is 77.7 Å². The van der Waals surface area contributed by atoms with Crippen LogP contribution in [0, 0.1) is 0 Å². The lowest BCUT2D eigenvalue weighted by atomic mass is 9.62. The molecule has 1 fully saturated rings.